The van der Waals surface area contributed by atoms with Gasteiger partial charge in [0, 0.05) is 16.9 Å². The first kappa shape index (κ1) is 18.4. The van der Waals surface area contributed by atoms with Gasteiger partial charge in [0.15, 0.2) is 11.9 Å². The average Bonchev–Trinajstić information content (AvgIpc) is 2.82. The summed E-state index contributed by atoms with van der Waals surface area (Å²) in [7, 11) is 0. The Morgan fingerprint density at radius 2 is 1.92 bits per heavy atom. The standard InChI is InChI=1S/C18H19FN2O4/c1-9-15(11(3)22)10(2)20-16(9)18(24)25-12(4)17(23)21-14-7-5-6-13(19)8-14/h5-8,12,20H,1-4H3,(H,21,23)/t12-/m0/s1. The molecule has 2 aromatic rings. The molecular weight excluding hydrogens is 327 g/mol. The number of rotatable bonds is 5. The zero-order chi connectivity index (χ0) is 18.7. The van der Waals surface area contributed by atoms with Gasteiger partial charge in [0.1, 0.15) is 11.5 Å². The van der Waals surface area contributed by atoms with Gasteiger partial charge in [0.2, 0.25) is 0 Å². The molecule has 2 N–H and O–H groups in total. The van der Waals surface area contributed by atoms with Crippen molar-refractivity contribution in [3.8, 4) is 0 Å². The highest BCUT2D eigenvalue weighted by Crippen LogP contribution is 2.20. The molecule has 0 aliphatic rings. The number of ketones is 1. The molecule has 25 heavy (non-hydrogen) atoms. The highest BCUT2D eigenvalue weighted by Gasteiger charge is 2.24. The minimum atomic E-state index is -1.10. The fraction of sp³-hybridized carbons (Fsp3) is 0.278. The number of benzene rings is 1. The third kappa shape index (κ3) is 4.12. The Bertz CT molecular complexity index is 842. The van der Waals surface area contributed by atoms with Crippen LogP contribution in [-0.2, 0) is 9.53 Å². The molecule has 0 fully saturated rings. The van der Waals surface area contributed by atoms with Crippen LogP contribution in [0.25, 0.3) is 0 Å². The Kier molecular flexibility index (Phi) is 5.36. The molecule has 1 heterocycles. The van der Waals surface area contributed by atoms with Crippen LogP contribution in [0.5, 0.6) is 0 Å². The maximum absolute atomic E-state index is 13.1. The number of nitrogens with one attached hydrogen (secondary N) is 2. The molecule has 1 atom stereocenters. The third-order valence-electron chi connectivity index (χ3n) is 3.74. The van der Waals surface area contributed by atoms with E-state index in [2.05, 4.69) is 10.3 Å². The number of ether oxygens (including phenoxy) is 1. The van der Waals surface area contributed by atoms with Crippen molar-refractivity contribution >= 4 is 23.3 Å². The number of esters is 1. The second-order valence-electron chi connectivity index (χ2n) is 5.73. The van der Waals surface area contributed by atoms with E-state index >= 15 is 0 Å². The van der Waals surface area contributed by atoms with Crippen molar-refractivity contribution in [3.05, 3.63) is 52.6 Å². The number of hydrogen-bond donors (Lipinski definition) is 2. The van der Waals surface area contributed by atoms with Crippen LogP contribution in [0.1, 0.15) is 46.0 Å². The summed E-state index contributed by atoms with van der Waals surface area (Å²) in [6, 6.07) is 5.38. The van der Waals surface area contributed by atoms with Gasteiger partial charge in [-0.25, -0.2) is 9.18 Å². The van der Waals surface area contributed by atoms with Gasteiger partial charge in [-0.05, 0) is 51.5 Å². The molecule has 0 saturated heterocycles. The van der Waals surface area contributed by atoms with Crippen molar-refractivity contribution in [2.75, 3.05) is 5.32 Å². The number of aryl methyl sites for hydroxylation is 1. The van der Waals surface area contributed by atoms with Crippen molar-refractivity contribution in [2.24, 2.45) is 0 Å². The van der Waals surface area contributed by atoms with Crippen LogP contribution < -0.4 is 5.32 Å². The number of aromatic nitrogens is 1. The van der Waals surface area contributed by atoms with E-state index in [1.54, 1.807) is 13.8 Å². The summed E-state index contributed by atoms with van der Waals surface area (Å²) in [5, 5.41) is 2.47. The van der Waals surface area contributed by atoms with Gasteiger partial charge in [0.05, 0.1) is 0 Å². The van der Waals surface area contributed by atoms with E-state index in [9.17, 15) is 18.8 Å². The summed E-state index contributed by atoms with van der Waals surface area (Å²) in [6.45, 7) is 6.13. The number of halogens is 1. The number of aromatic amines is 1. The van der Waals surface area contributed by atoms with E-state index in [0.717, 1.165) is 6.07 Å². The lowest BCUT2D eigenvalue weighted by Crippen LogP contribution is -2.30. The van der Waals surface area contributed by atoms with Crippen molar-refractivity contribution < 1.29 is 23.5 Å². The van der Waals surface area contributed by atoms with E-state index in [0.29, 0.717) is 16.8 Å². The minimum Gasteiger partial charge on any atom is -0.448 e. The average molecular weight is 346 g/mol. The molecule has 0 spiro atoms. The first-order chi connectivity index (χ1) is 11.7. The highest BCUT2D eigenvalue weighted by atomic mass is 19.1. The monoisotopic (exact) mass is 346 g/mol. The summed E-state index contributed by atoms with van der Waals surface area (Å²) < 4.78 is 18.3. The molecule has 6 nitrogen and oxygen atoms in total. The molecule has 0 saturated carbocycles. The van der Waals surface area contributed by atoms with Gasteiger partial charge in [-0.15, -0.1) is 0 Å². The maximum atomic E-state index is 13.1. The van der Waals surface area contributed by atoms with E-state index in [-0.39, 0.29) is 17.2 Å². The number of carbonyl (C=O) groups is 3. The largest absolute Gasteiger partial charge is 0.448 e. The Morgan fingerprint density at radius 3 is 2.48 bits per heavy atom. The van der Waals surface area contributed by atoms with Crippen LogP contribution in [0.3, 0.4) is 0 Å². The van der Waals surface area contributed by atoms with Gasteiger partial charge in [-0.3, -0.25) is 9.59 Å². The Labute approximate surface area is 144 Å². The Hall–Kier alpha value is -2.96. The smallest absolute Gasteiger partial charge is 0.355 e. The number of hydrogen-bond acceptors (Lipinski definition) is 4. The normalized spacial score (nSPS) is 11.7. The lowest BCUT2D eigenvalue weighted by atomic mass is 10.1. The second-order valence-corrected chi connectivity index (χ2v) is 5.73. The third-order valence-corrected chi connectivity index (χ3v) is 3.74. The molecule has 0 bridgehead atoms. The van der Waals surface area contributed by atoms with E-state index in [1.165, 1.54) is 32.0 Å². The number of amides is 1. The van der Waals surface area contributed by atoms with Crippen LogP contribution in [0.4, 0.5) is 10.1 Å². The predicted octanol–water partition coefficient (Wildman–Crippen LogP) is 3.16. The second kappa shape index (κ2) is 7.29. The molecule has 2 rings (SSSR count). The molecule has 1 aromatic carbocycles. The lowest BCUT2D eigenvalue weighted by molar-refractivity contribution is -0.123. The molecule has 0 unspecified atom stereocenters. The van der Waals surface area contributed by atoms with E-state index in [4.69, 9.17) is 4.74 Å². The zero-order valence-electron chi connectivity index (χ0n) is 14.4. The minimum absolute atomic E-state index is 0.133. The molecule has 1 aromatic heterocycles. The van der Waals surface area contributed by atoms with Crippen molar-refractivity contribution in [2.45, 2.75) is 33.8 Å². The van der Waals surface area contributed by atoms with Crippen molar-refractivity contribution in [1.82, 2.24) is 4.98 Å². The Balaban J connectivity index is 2.08. The fourth-order valence-electron chi connectivity index (χ4n) is 2.57. The zero-order valence-corrected chi connectivity index (χ0v) is 14.4. The number of carbonyl (C=O) groups excluding carboxylic acids is 3. The van der Waals surface area contributed by atoms with Crippen LogP contribution in [0.15, 0.2) is 24.3 Å². The maximum Gasteiger partial charge on any atom is 0.355 e. The summed E-state index contributed by atoms with van der Waals surface area (Å²) in [4.78, 5) is 38.8. The van der Waals surface area contributed by atoms with Crippen LogP contribution in [0.2, 0.25) is 0 Å². The summed E-state index contributed by atoms with van der Waals surface area (Å²) >= 11 is 0. The van der Waals surface area contributed by atoms with Gasteiger partial charge >= 0.3 is 5.97 Å². The fourth-order valence-corrected chi connectivity index (χ4v) is 2.57. The Morgan fingerprint density at radius 1 is 1.24 bits per heavy atom. The summed E-state index contributed by atoms with van der Waals surface area (Å²) in [5.41, 5.74) is 1.87. The molecule has 0 aliphatic carbocycles. The summed E-state index contributed by atoms with van der Waals surface area (Å²) in [5.74, 6) is -1.99. The van der Waals surface area contributed by atoms with Gasteiger partial charge in [-0.2, -0.15) is 0 Å². The molecule has 7 heteroatoms. The van der Waals surface area contributed by atoms with E-state index < -0.39 is 23.8 Å². The molecule has 0 radical (unpaired) electrons. The first-order valence-electron chi connectivity index (χ1n) is 7.68. The molecule has 1 amide bonds. The molecule has 132 valence electrons. The predicted molar refractivity (Wildman–Crippen MR) is 90.2 cm³/mol. The summed E-state index contributed by atoms with van der Waals surface area (Å²) in [6.07, 6.45) is -1.10. The van der Waals surface area contributed by atoms with E-state index in [1.807, 2.05) is 0 Å². The van der Waals surface area contributed by atoms with Crippen molar-refractivity contribution in [1.29, 1.82) is 0 Å². The number of Topliss-reactive ketones (excluding diaryl/α,β-unsaturated/α-hetero) is 1. The lowest BCUT2D eigenvalue weighted by Gasteiger charge is -2.13. The van der Waals surface area contributed by atoms with Gasteiger partial charge < -0.3 is 15.0 Å². The van der Waals surface area contributed by atoms with Gasteiger partial charge in [0.25, 0.3) is 5.91 Å². The number of anilines is 1. The molecule has 0 aliphatic heterocycles. The molecular formula is C18H19FN2O4. The van der Waals surface area contributed by atoms with Crippen molar-refractivity contribution in [3.63, 3.8) is 0 Å². The topological polar surface area (TPSA) is 88.3 Å². The number of H-pyrrole nitrogens is 1. The SMILES string of the molecule is CC(=O)c1c(C)[nH]c(C(=O)O[C@@H](C)C(=O)Nc2cccc(F)c2)c1C. The van der Waals surface area contributed by atoms with Crippen LogP contribution >= 0.6 is 0 Å². The first-order valence-corrected chi connectivity index (χ1v) is 7.68. The van der Waals surface area contributed by atoms with Crippen LogP contribution in [0, 0.1) is 19.7 Å². The quantitative estimate of drug-likeness (QED) is 0.643. The van der Waals surface area contributed by atoms with Crippen LogP contribution in [-0.4, -0.2) is 28.7 Å². The highest BCUT2D eigenvalue weighted by molar-refractivity contribution is 6.02. The van der Waals surface area contributed by atoms with Gasteiger partial charge in [-0.1, -0.05) is 6.07 Å².